The van der Waals surface area contributed by atoms with Gasteiger partial charge in [-0.1, -0.05) is 220 Å². The molecule has 0 saturated carbocycles. The second kappa shape index (κ2) is 41.6. The third-order valence-electron chi connectivity index (χ3n) is 10.5. The monoisotopic (exact) mass is 751 g/mol. The smallest absolute Gasteiger partial charge is 0.306 e. The van der Waals surface area contributed by atoms with Crippen LogP contribution >= 0.6 is 0 Å². The minimum Gasteiger partial charge on any atom is -0.462 e. The standard InChI is InChI=1S/C47H90O6/c1-5-7-9-11-12-13-14-21-24-27-31-35-39-46(49)52-42-44(41-51-45(48)38-34-29-10-8-6-2)53-47(50)40-36-32-28-25-22-19-17-15-16-18-20-23-26-30-33-37-43(3)4/h43-44H,5-42H2,1-4H3/t44-/m1/s1. The van der Waals surface area contributed by atoms with E-state index in [0.717, 1.165) is 70.1 Å². The second-order valence-electron chi connectivity index (χ2n) is 16.5. The number of unbranched alkanes of at least 4 members (excludes halogenated alkanes) is 29. The van der Waals surface area contributed by atoms with Gasteiger partial charge in [-0.25, -0.2) is 0 Å². The number of rotatable bonds is 42. The van der Waals surface area contributed by atoms with Crippen LogP contribution in [0.1, 0.15) is 259 Å². The van der Waals surface area contributed by atoms with E-state index in [4.69, 9.17) is 14.2 Å². The highest BCUT2D eigenvalue weighted by atomic mass is 16.6. The number of carbonyl (C=O) groups excluding carboxylic acids is 3. The van der Waals surface area contributed by atoms with Gasteiger partial charge in [0.2, 0.25) is 0 Å². The zero-order valence-corrected chi connectivity index (χ0v) is 36.0. The lowest BCUT2D eigenvalue weighted by Gasteiger charge is -2.18. The first-order valence-electron chi connectivity index (χ1n) is 23.4. The van der Waals surface area contributed by atoms with Crippen molar-refractivity contribution in [3.8, 4) is 0 Å². The van der Waals surface area contributed by atoms with Gasteiger partial charge in [0.1, 0.15) is 13.2 Å². The molecule has 0 spiro atoms. The molecule has 6 nitrogen and oxygen atoms in total. The lowest BCUT2D eigenvalue weighted by Crippen LogP contribution is -2.30. The quantitative estimate of drug-likeness (QED) is 0.0351. The number of carbonyl (C=O) groups is 3. The van der Waals surface area contributed by atoms with Crippen molar-refractivity contribution >= 4 is 17.9 Å². The van der Waals surface area contributed by atoms with Crippen molar-refractivity contribution in [2.24, 2.45) is 5.92 Å². The normalized spacial score (nSPS) is 11.9. The summed E-state index contributed by atoms with van der Waals surface area (Å²) in [5.41, 5.74) is 0. The average Bonchev–Trinajstić information content (AvgIpc) is 3.14. The molecule has 0 fully saturated rings. The van der Waals surface area contributed by atoms with Crippen molar-refractivity contribution in [2.75, 3.05) is 13.2 Å². The Balaban J connectivity index is 4.14. The third kappa shape index (κ3) is 41.4. The predicted octanol–water partition coefficient (Wildman–Crippen LogP) is 14.7. The molecule has 0 rings (SSSR count). The molecule has 0 N–H and O–H groups in total. The predicted molar refractivity (Wildman–Crippen MR) is 224 cm³/mol. The molecule has 0 saturated heterocycles. The number of hydrogen-bond donors (Lipinski definition) is 0. The van der Waals surface area contributed by atoms with Crippen LogP contribution in [0.3, 0.4) is 0 Å². The van der Waals surface area contributed by atoms with E-state index >= 15 is 0 Å². The highest BCUT2D eigenvalue weighted by Gasteiger charge is 2.19. The minimum absolute atomic E-state index is 0.0644. The maximum absolute atomic E-state index is 12.7. The Morgan fingerprint density at radius 2 is 0.623 bits per heavy atom. The first-order valence-corrected chi connectivity index (χ1v) is 23.4. The summed E-state index contributed by atoms with van der Waals surface area (Å²) in [6.45, 7) is 8.94. The van der Waals surface area contributed by atoms with Crippen molar-refractivity contribution in [3.63, 3.8) is 0 Å². The van der Waals surface area contributed by atoms with Crippen LogP contribution in [0.2, 0.25) is 0 Å². The van der Waals surface area contributed by atoms with Crippen molar-refractivity contribution in [2.45, 2.75) is 265 Å². The fourth-order valence-electron chi connectivity index (χ4n) is 6.98. The van der Waals surface area contributed by atoms with Gasteiger partial charge in [-0.05, 0) is 25.2 Å². The molecule has 0 radical (unpaired) electrons. The molecule has 0 bridgehead atoms. The van der Waals surface area contributed by atoms with Gasteiger partial charge >= 0.3 is 17.9 Å². The molecular formula is C47H90O6. The maximum atomic E-state index is 12.7. The van der Waals surface area contributed by atoms with E-state index in [9.17, 15) is 14.4 Å². The first-order chi connectivity index (χ1) is 25.9. The number of hydrogen-bond acceptors (Lipinski definition) is 6. The summed E-state index contributed by atoms with van der Waals surface area (Å²) in [5.74, 6) is -0.0180. The van der Waals surface area contributed by atoms with Crippen LogP contribution in [0.15, 0.2) is 0 Å². The van der Waals surface area contributed by atoms with E-state index in [1.807, 2.05) is 0 Å². The zero-order valence-electron chi connectivity index (χ0n) is 36.0. The van der Waals surface area contributed by atoms with Crippen molar-refractivity contribution in [1.82, 2.24) is 0 Å². The summed E-state index contributed by atoms with van der Waals surface area (Å²) < 4.78 is 16.6. The topological polar surface area (TPSA) is 78.9 Å². The average molecular weight is 751 g/mol. The fourth-order valence-corrected chi connectivity index (χ4v) is 6.98. The summed E-state index contributed by atoms with van der Waals surface area (Å²) in [6.07, 6.45) is 41.2. The van der Waals surface area contributed by atoms with Gasteiger partial charge in [0.15, 0.2) is 6.10 Å². The Morgan fingerprint density at radius 3 is 0.925 bits per heavy atom. The molecule has 0 aliphatic rings. The molecular weight excluding hydrogens is 661 g/mol. The summed E-state index contributed by atoms with van der Waals surface area (Å²) >= 11 is 0. The van der Waals surface area contributed by atoms with Crippen LogP contribution in [0.25, 0.3) is 0 Å². The van der Waals surface area contributed by atoms with E-state index < -0.39 is 6.10 Å². The lowest BCUT2D eigenvalue weighted by atomic mass is 10.0. The highest BCUT2D eigenvalue weighted by Crippen LogP contribution is 2.16. The van der Waals surface area contributed by atoms with Gasteiger partial charge in [0, 0.05) is 19.3 Å². The van der Waals surface area contributed by atoms with Gasteiger partial charge in [-0.2, -0.15) is 0 Å². The second-order valence-corrected chi connectivity index (χ2v) is 16.5. The number of ether oxygens (including phenoxy) is 3. The van der Waals surface area contributed by atoms with Crippen LogP contribution in [-0.2, 0) is 28.6 Å². The molecule has 0 aromatic rings. The fraction of sp³-hybridized carbons (Fsp3) is 0.936. The van der Waals surface area contributed by atoms with Gasteiger partial charge in [0.05, 0.1) is 0 Å². The van der Waals surface area contributed by atoms with Gasteiger partial charge in [-0.15, -0.1) is 0 Å². The Bertz CT molecular complexity index is 796. The van der Waals surface area contributed by atoms with Crippen LogP contribution in [-0.4, -0.2) is 37.2 Å². The lowest BCUT2D eigenvalue weighted by molar-refractivity contribution is -0.167. The van der Waals surface area contributed by atoms with Crippen LogP contribution in [0, 0.1) is 5.92 Å². The van der Waals surface area contributed by atoms with Crippen LogP contribution in [0.4, 0.5) is 0 Å². The minimum atomic E-state index is -0.757. The molecule has 0 amide bonds. The van der Waals surface area contributed by atoms with E-state index in [2.05, 4.69) is 27.7 Å². The Morgan fingerprint density at radius 1 is 0.358 bits per heavy atom. The molecule has 0 aromatic carbocycles. The maximum Gasteiger partial charge on any atom is 0.306 e. The van der Waals surface area contributed by atoms with E-state index in [1.54, 1.807) is 0 Å². The number of esters is 3. The largest absolute Gasteiger partial charge is 0.462 e. The molecule has 1 atom stereocenters. The molecule has 0 aromatic heterocycles. The van der Waals surface area contributed by atoms with Gasteiger partial charge in [-0.3, -0.25) is 14.4 Å². The Kier molecular flexibility index (Phi) is 40.3. The third-order valence-corrected chi connectivity index (χ3v) is 10.5. The zero-order chi connectivity index (χ0) is 38.9. The van der Waals surface area contributed by atoms with E-state index in [0.29, 0.717) is 19.3 Å². The molecule has 0 heterocycles. The summed E-state index contributed by atoms with van der Waals surface area (Å²) in [7, 11) is 0. The Hall–Kier alpha value is -1.59. The van der Waals surface area contributed by atoms with Crippen molar-refractivity contribution in [3.05, 3.63) is 0 Å². The summed E-state index contributed by atoms with van der Waals surface area (Å²) in [5, 5.41) is 0. The van der Waals surface area contributed by atoms with Crippen LogP contribution < -0.4 is 0 Å². The summed E-state index contributed by atoms with van der Waals surface area (Å²) in [6, 6.07) is 0. The van der Waals surface area contributed by atoms with Crippen molar-refractivity contribution < 1.29 is 28.6 Å². The first kappa shape index (κ1) is 51.4. The molecule has 6 heteroatoms. The molecule has 0 aliphatic carbocycles. The molecule has 314 valence electrons. The highest BCUT2D eigenvalue weighted by molar-refractivity contribution is 5.71. The molecule has 0 unspecified atom stereocenters. The SMILES string of the molecule is CCCCCCCCCCCCCCC(=O)OC[C@@H](COC(=O)CCCCCCC)OC(=O)CCCCCCCCCCCCCCCCCC(C)C. The van der Waals surface area contributed by atoms with Gasteiger partial charge < -0.3 is 14.2 Å². The molecule has 53 heavy (non-hydrogen) atoms. The van der Waals surface area contributed by atoms with Crippen molar-refractivity contribution in [1.29, 1.82) is 0 Å². The summed E-state index contributed by atoms with van der Waals surface area (Å²) in [4.78, 5) is 37.5. The molecule has 0 aliphatic heterocycles. The van der Waals surface area contributed by atoms with Gasteiger partial charge in [0.25, 0.3) is 0 Å². The van der Waals surface area contributed by atoms with Crippen LogP contribution in [0.5, 0.6) is 0 Å². The van der Waals surface area contributed by atoms with E-state index in [1.165, 1.54) is 148 Å². The Labute approximate surface area is 329 Å². The van der Waals surface area contributed by atoms with E-state index in [-0.39, 0.29) is 31.1 Å².